The van der Waals surface area contributed by atoms with Gasteiger partial charge in [0.05, 0.1) is 6.61 Å². The number of carbonyl (C=O) groups excluding carboxylic acids is 2. The summed E-state index contributed by atoms with van der Waals surface area (Å²) in [6, 6.07) is 4.90. The molecule has 3 heterocycles. The van der Waals surface area contributed by atoms with Crippen LogP contribution >= 0.6 is 0 Å². The van der Waals surface area contributed by atoms with Gasteiger partial charge < -0.3 is 19.5 Å². The molecule has 7 rings (SSSR count). The van der Waals surface area contributed by atoms with Crippen LogP contribution in [0.5, 0.6) is 11.5 Å². The van der Waals surface area contributed by atoms with Crippen LogP contribution in [0.3, 0.4) is 0 Å². The van der Waals surface area contributed by atoms with E-state index >= 15 is 0 Å². The lowest BCUT2D eigenvalue weighted by atomic mass is 9.49. The number of ether oxygens (including phenoxy) is 2. The zero-order valence-electron chi connectivity index (χ0n) is 18.6. The zero-order valence-corrected chi connectivity index (χ0v) is 18.6. The monoisotopic (exact) mass is 435 g/mol. The van der Waals surface area contributed by atoms with Gasteiger partial charge in [0.2, 0.25) is 0 Å². The van der Waals surface area contributed by atoms with Crippen LogP contribution in [0.25, 0.3) is 0 Å². The molecule has 2 saturated heterocycles. The molecule has 3 aliphatic heterocycles. The molecule has 32 heavy (non-hydrogen) atoms. The van der Waals surface area contributed by atoms with Crippen molar-refractivity contribution in [3.8, 4) is 11.5 Å². The summed E-state index contributed by atoms with van der Waals surface area (Å²) >= 11 is 0. The molecule has 1 aromatic rings. The fraction of sp³-hybridized carbons (Fsp3) is 0.538. The normalized spacial score (nSPS) is 37.1. The summed E-state index contributed by atoms with van der Waals surface area (Å²) < 4.78 is 13.1. The minimum Gasteiger partial charge on any atom is -0.507 e. The summed E-state index contributed by atoms with van der Waals surface area (Å²) in [6.45, 7) is 7.32. The third kappa shape index (κ3) is 2.37. The first kappa shape index (κ1) is 20.2. The SMILES string of the molecule is CC(C)=CC[C@@]12OC[C@@H]3[C@@H](CN4CCCC4)[C@@H](C=C4C(=O)c5c(O)cccc5O[C@]431)C2=O. The molecule has 0 amide bonds. The van der Waals surface area contributed by atoms with Gasteiger partial charge in [0.1, 0.15) is 17.1 Å². The molecule has 168 valence electrons. The predicted molar refractivity (Wildman–Crippen MR) is 118 cm³/mol. The molecular formula is C26H29NO5. The molecule has 0 radical (unpaired) electrons. The average molecular weight is 436 g/mol. The van der Waals surface area contributed by atoms with E-state index in [1.807, 2.05) is 26.0 Å². The second kappa shape index (κ2) is 6.78. The lowest BCUT2D eigenvalue weighted by Crippen LogP contribution is -2.74. The summed E-state index contributed by atoms with van der Waals surface area (Å²) in [5.74, 6) is -0.347. The largest absolute Gasteiger partial charge is 0.507 e. The van der Waals surface area contributed by atoms with Gasteiger partial charge in [-0.15, -0.1) is 0 Å². The maximum atomic E-state index is 14.0. The molecular weight excluding hydrogens is 406 g/mol. The number of allylic oxidation sites excluding steroid dienone is 2. The van der Waals surface area contributed by atoms with Crippen LogP contribution in [0.4, 0.5) is 0 Å². The quantitative estimate of drug-likeness (QED) is 0.732. The second-order valence-electron chi connectivity index (χ2n) is 10.2. The van der Waals surface area contributed by atoms with Crippen molar-refractivity contribution in [1.29, 1.82) is 0 Å². The lowest BCUT2D eigenvalue weighted by Gasteiger charge is -2.58. The summed E-state index contributed by atoms with van der Waals surface area (Å²) in [5.41, 5.74) is -0.566. The molecule has 1 N–H and O–H groups in total. The highest BCUT2D eigenvalue weighted by Gasteiger charge is 2.79. The third-order valence-corrected chi connectivity index (χ3v) is 8.27. The Bertz CT molecular complexity index is 1080. The fourth-order valence-electron chi connectivity index (χ4n) is 6.83. The van der Waals surface area contributed by atoms with E-state index in [2.05, 4.69) is 4.90 Å². The van der Waals surface area contributed by atoms with E-state index < -0.39 is 11.2 Å². The first-order valence-electron chi connectivity index (χ1n) is 11.7. The topological polar surface area (TPSA) is 76.1 Å². The van der Waals surface area contributed by atoms with Crippen LogP contribution in [-0.4, -0.2) is 59.0 Å². The first-order valence-corrected chi connectivity index (χ1v) is 11.7. The molecule has 3 fully saturated rings. The van der Waals surface area contributed by atoms with E-state index in [4.69, 9.17) is 9.47 Å². The van der Waals surface area contributed by atoms with Crippen LogP contribution in [0.2, 0.25) is 0 Å². The van der Waals surface area contributed by atoms with E-state index in [0.29, 0.717) is 24.4 Å². The Hall–Kier alpha value is -2.44. The Kier molecular flexibility index (Phi) is 4.28. The van der Waals surface area contributed by atoms with E-state index in [0.717, 1.165) is 25.2 Å². The van der Waals surface area contributed by atoms with Crippen molar-refractivity contribution >= 4 is 11.6 Å². The Morgan fingerprint density at radius 2 is 2.03 bits per heavy atom. The first-order chi connectivity index (χ1) is 15.4. The van der Waals surface area contributed by atoms with Crippen molar-refractivity contribution in [2.75, 3.05) is 26.2 Å². The highest BCUT2D eigenvalue weighted by atomic mass is 16.6. The second-order valence-corrected chi connectivity index (χ2v) is 10.2. The molecule has 1 saturated carbocycles. The smallest absolute Gasteiger partial charge is 0.200 e. The number of phenols is 1. The molecule has 4 bridgehead atoms. The van der Waals surface area contributed by atoms with Crippen LogP contribution in [0.1, 0.15) is 43.5 Å². The molecule has 6 heteroatoms. The number of phenolic OH excluding ortho intramolecular Hbond substituents is 1. The van der Waals surface area contributed by atoms with Gasteiger partial charge in [-0.25, -0.2) is 0 Å². The number of hydrogen-bond donors (Lipinski definition) is 1. The van der Waals surface area contributed by atoms with Crippen molar-refractivity contribution in [1.82, 2.24) is 4.90 Å². The van der Waals surface area contributed by atoms with Crippen molar-refractivity contribution in [3.05, 3.63) is 47.1 Å². The van der Waals surface area contributed by atoms with E-state index in [9.17, 15) is 14.7 Å². The van der Waals surface area contributed by atoms with Gasteiger partial charge in [-0.05, 0) is 57.8 Å². The van der Waals surface area contributed by atoms with Crippen molar-refractivity contribution in [3.63, 3.8) is 0 Å². The van der Waals surface area contributed by atoms with Crippen LogP contribution < -0.4 is 4.74 Å². The van der Waals surface area contributed by atoms with Crippen molar-refractivity contribution < 1.29 is 24.2 Å². The highest BCUT2D eigenvalue weighted by Crippen LogP contribution is 2.65. The Morgan fingerprint density at radius 1 is 1.25 bits per heavy atom. The molecule has 6 nitrogen and oxygen atoms in total. The minimum atomic E-state index is -1.20. The van der Waals surface area contributed by atoms with Crippen molar-refractivity contribution in [2.24, 2.45) is 17.8 Å². The summed E-state index contributed by atoms with van der Waals surface area (Å²) in [6.07, 6.45) is 6.63. The summed E-state index contributed by atoms with van der Waals surface area (Å²) in [5, 5.41) is 10.4. The number of ketones is 2. The number of carbonyl (C=O) groups is 2. The number of aromatic hydroxyl groups is 1. The predicted octanol–water partition coefficient (Wildman–Crippen LogP) is 3.30. The molecule has 6 aliphatic rings. The Labute approximate surface area is 187 Å². The summed E-state index contributed by atoms with van der Waals surface area (Å²) in [7, 11) is 0. The number of benzene rings is 1. The Morgan fingerprint density at radius 3 is 2.78 bits per heavy atom. The van der Waals surface area contributed by atoms with Gasteiger partial charge in [0.25, 0.3) is 0 Å². The maximum absolute atomic E-state index is 14.0. The number of Topliss-reactive ketones (excluding diaryl/α,β-unsaturated/α-hetero) is 2. The van der Waals surface area contributed by atoms with Crippen LogP contribution in [0, 0.1) is 17.8 Å². The van der Waals surface area contributed by atoms with E-state index in [-0.39, 0.29) is 40.6 Å². The molecule has 1 spiro atoms. The standard InChI is InChI=1S/C26H29NO5/c1-15(2)8-9-25-24(30)16-12-18-23(29)22-20(28)6-5-7-21(22)32-26(18,25)19(14-31-25)17(16)13-27-10-3-4-11-27/h5-8,12,16-17,19,28H,3-4,9-11,13-14H2,1-2H3/t16-,17+,19-,25+,26-/m1/s1. The number of hydrogen-bond acceptors (Lipinski definition) is 6. The zero-order chi connectivity index (χ0) is 22.3. The van der Waals surface area contributed by atoms with Gasteiger partial charge in [-0.1, -0.05) is 23.8 Å². The molecule has 0 unspecified atom stereocenters. The van der Waals surface area contributed by atoms with Crippen molar-refractivity contribution in [2.45, 2.75) is 44.3 Å². The van der Waals surface area contributed by atoms with Gasteiger partial charge in [-0.2, -0.15) is 0 Å². The van der Waals surface area contributed by atoms with Gasteiger partial charge in [0.15, 0.2) is 22.8 Å². The molecule has 5 atom stereocenters. The lowest BCUT2D eigenvalue weighted by molar-refractivity contribution is -0.171. The third-order valence-electron chi connectivity index (χ3n) is 8.27. The molecule has 3 aliphatic carbocycles. The van der Waals surface area contributed by atoms with Gasteiger partial charge in [-0.3, -0.25) is 9.59 Å². The number of nitrogens with zero attached hydrogens (tertiary/aromatic N) is 1. The number of rotatable bonds is 4. The average Bonchev–Trinajstić information content (AvgIpc) is 3.36. The van der Waals surface area contributed by atoms with E-state index in [1.54, 1.807) is 12.1 Å². The summed E-state index contributed by atoms with van der Waals surface area (Å²) in [4.78, 5) is 30.2. The fourth-order valence-corrected chi connectivity index (χ4v) is 6.83. The van der Waals surface area contributed by atoms with Crippen LogP contribution in [0.15, 0.2) is 41.5 Å². The number of likely N-dealkylation sites (tertiary alicyclic amines) is 1. The molecule has 1 aromatic carbocycles. The molecule has 0 aromatic heterocycles. The van der Waals surface area contributed by atoms with Gasteiger partial charge in [0, 0.05) is 30.4 Å². The van der Waals surface area contributed by atoms with Crippen LogP contribution in [-0.2, 0) is 9.53 Å². The van der Waals surface area contributed by atoms with E-state index in [1.165, 1.54) is 18.9 Å². The number of fused-ring (bicyclic) bond motifs is 1. The Balaban J connectivity index is 1.54. The minimum absolute atomic E-state index is 0.0353. The highest BCUT2D eigenvalue weighted by molar-refractivity contribution is 6.18. The van der Waals surface area contributed by atoms with Gasteiger partial charge >= 0.3 is 0 Å². The maximum Gasteiger partial charge on any atom is 0.200 e.